The SMILES string of the molecule is c1ccc(N2c3ccccc3C3(c4cc5c(cc42)C2(c4ccccc4-c4ccccc42)c2ccccc2-5)c2cccnc2-c2ncc(-c4ccc5c(c4)c4ccccc4n5-c4ccccc4)cc23)cc1. The van der Waals surface area contributed by atoms with Gasteiger partial charge in [0.1, 0.15) is 0 Å². The summed E-state index contributed by atoms with van der Waals surface area (Å²) in [4.78, 5) is 13.2. The molecule has 4 heteroatoms. The molecule has 0 saturated heterocycles. The van der Waals surface area contributed by atoms with Gasteiger partial charge in [-0.15, -0.1) is 0 Å². The Labute approximate surface area is 405 Å². The van der Waals surface area contributed by atoms with Gasteiger partial charge in [-0.25, -0.2) is 0 Å². The van der Waals surface area contributed by atoms with Crippen LogP contribution in [-0.4, -0.2) is 14.5 Å². The summed E-state index contributed by atoms with van der Waals surface area (Å²) in [5.41, 5.74) is 24.8. The van der Waals surface area contributed by atoms with E-state index in [1.54, 1.807) is 0 Å². The maximum absolute atomic E-state index is 5.48. The summed E-state index contributed by atoms with van der Waals surface area (Å²) in [7, 11) is 0. The Morgan fingerprint density at radius 3 is 1.63 bits per heavy atom. The van der Waals surface area contributed by atoms with Gasteiger partial charge in [0.2, 0.25) is 0 Å². The number of aromatic nitrogens is 3. The smallest absolute Gasteiger partial charge is 0.0937 e. The summed E-state index contributed by atoms with van der Waals surface area (Å²) in [6.07, 6.45) is 3.99. The van der Waals surface area contributed by atoms with E-state index in [0.29, 0.717) is 0 Å². The van der Waals surface area contributed by atoms with Crippen molar-refractivity contribution in [3.8, 4) is 50.5 Å². The zero-order chi connectivity index (χ0) is 45.7. The number of hydrogen-bond donors (Lipinski definition) is 0. The van der Waals surface area contributed by atoms with Crippen molar-refractivity contribution in [1.29, 1.82) is 0 Å². The molecule has 16 rings (SSSR count). The Morgan fingerprint density at radius 2 is 0.886 bits per heavy atom. The van der Waals surface area contributed by atoms with Crippen molar-refractivity contribution in [3.63, 3.8) is 0 Å². The summed E-state index contributed by atoms with van der Waals surface area (Å²) >= 11 is 0. The van der Waals surface area contributed by atoms with E-state index in [2.05, 4.69) is 246 Å². The van der Waals surface area contributed by atoms with Gasteiger partial charge in [0.05, 0.1) is 44.6 Å². The fraction of sp³-hybridized carbons (Fsp3) is 0.0303. The molecule has 4 heterocycles. The molecule has 3 aliphatic carbocycles. The van der Waals surface area contributed by atoms with Crippen LogP contribution in [0, 0.1) is 0 Å². The number of benzene rings is 9. The highest BCUT2D eigenvalue weighted by molar-refractivity contribution is 6.11. The quantitative estimate of drug-likeness (QED) is 0.177. The van der Waals surface area contributed by atoms with Crippen LogP contribution in [0.5, 0.6) is 0 Å². The van der Waals surface area contributed by atoms with Crippen molar-refractivity contribution in [2.45, 2.75) is 10.8 Å². The Hall–Kier alpha value is -9.12. The fourth-order valence-electron chi connectivity index (χ4n) is 13.5. The van der Waals surface area contributed by atoms with E-state index >= 15 is 0 Å². The van der Waals surface area contributed by atoms with Gasteiger partial charge in [0.25, 0.3) is 0 Å². The summed E-state index contributed by atoms with van der Waals surface area (Å²) in [6.45, 7) is 0. The summed E-state index contributed by atoms with van der Waals surface area (Å²) in [6, 6.07) is 85.7. The third-order valence-corrected chi connectivity index (χ3v) is 16.1. The van der Waals surface area contributed by atoms with Crippen molar-refractivity contribution in [2.75, 3.05) is 4.90 Å². The summed E-state index contributed by atoms with van der Waals surface area (Å²) < 4.78 is 2.38. The lowest BCUT2D eigenvalue weighted by Crippen LogP contribution is -2.37. The molecule has 0 saturated carbocycles. The normalized spacial score (nSPS) is 15.9. The first-order valence-electron chi connectivity index (χ1n) is 24.2. The second kappa shape index (κ2) is 13.7. The van der Waals surface area contributed by atoms with Crippen LogP contribution in [0.4, 0.5) is 17.1 Å². The summed E-state index contributed by atoms with van der Waals surface area (Å²) in [5.74, 6) is 0. The van der Waals surface area contributed by atoms with Gasteiger partial charge in [-0.1, -0.05) is 158 Å². The van der Waals surface area contributed by atoms with Crippen molar-refractivity contribution < 1.29 is 0 Å². The Balaban J connectivity index is 1.01. The van der Waals surface area contributed by atoms with Crippen molar-refractivity contribution in [1.82, 2.24) is 14.5 Å². The first-order valence-corrected chi connectivity index (χ1v) is 24.2. The van der Waals surface area contributed by atoms with Crippen LogP contribution in [0.15, 0.2) is 243 Å². The maximum atomic E-state index is 5.48. The van der Waals surface area contributed by atoms with Crippen LogP contribution < -0.4 is 4.90 Å². The average molecular weight is 889 g/mol. The molecular weight excluding hydrogens is 849 g/mol. The predicted octanol–water partition coefficient (Wildman–Crippen LogP) is 15.7. The molecule has 1 aliphatic heterocycles. The van der Waals surface area contributed by atoms with E-state index in [0.717, 1.165) is 56.4 Å². The molecule has 0 amide bonds. The molecule has 0 N–H and O–H groups in total. The Kier molecular flexibility index (Phi) is 7.45. The molecule has 12 aromatic rings. The monoisotopic (exact) mass is 888 g/mol. The van der Waals surface area contributed by atoms with Crippen LogP contribution in [0.25, 0.3) is 72.3 Å². The third-order valence-electron chi connectivity index (χ3n) is 16.1. The number of hydrogen-bond acceptors (Lipinski definition) is 3. The summed E-state index contributed by atoms with van der Waals surface area (Å²) in [5, 5.41) is 2.43. The molecular formula is C66H40N4. The van der Waals surface area contributed by atoms with E-state index in [9.17, 15) is 0 Å². The van der Waals surface area contributed by atoms with Gasteiger partial charge in [0.15, 0.2) is 0 Å². The maximum Gasteiger partial charge on any atom is 0.0937 e. The average Bonchev–Trinajstić information content (AvgIpc) is 4.12. The molecule has 1 unspecified atom stereocenters. The van der Waals surface area contributed by atoms with Gasteiger partial charge < -0.3 is 9.47 Å². The van der Waals surface area contributed by atoms with Gasteiger partial charge in [0, 0.05) is 45.7 Å². The van der Waals surface area contributed by atoms with Crippen LogP contribution in [0.1, 0.15) is 44.5 Å². The highest BCUT2D eigenvalue weighted by Gasteiger charge is 2.57. The zero-order valence-electron chi connectivity index (χ0n) is 37.9. The van der Waals surface area contributed by atoms with Crippen LogP contribution in [-0.2, 0) is 10.8 Å². The van der Waals surface area contributed by atoms with Crippen LogP contribution >= 0.6 is 0 Å². The molecule has 3 aromatic heterocycles. The van der Waals surface area contributed by atoms with Crippen molar-refractivity contribution in [2.24, 2.45) is 0 Å². The lowest BCUT2D eigenvalue weighted by Gasteiger charge is -2.45. The largest absolute Gasteiger partial charge is 0.310 e. The fourth-order valence-corrected chi connectivity index (χ4v) is 13.5. The number of fused-ring (bicyclic) bond motifs is 22. The molecule has 4 nitrogen and oxygen atoms in total. The number of pyridine rings is 2. The van der Waals surface area contributed by atoms with Gasteiger partial charge >= 0.3 is 0 Å². The number of anilines is 3. The Bertz CT molecular complexity index is 4160. The zero-order valence-corrected chi connectivity index (χ0v) is 37.9. The molecule has 0 radical (unpaired) electrons. The highest BCUT2D eigenvalue weighted by atomic mass is 15.2. The lowest BCUT2D eigenvalue weighted by molar-refractivity contribution is 0.744. The van der Waals surface area contributed by atoms with E-state index in [4.69, 9.17) is 9.97 Å². The minimum Gasteiger partial charge on any atom is -0.310 e. The first-order chi connectivity index (χ1) is 34.7. The topological polar surface area (TPSA) is 34.0 Å². The molecule has 4 aliphatic rings. The highest BCUT2D eigenvalue weighted by Crippen LogP contribution is 2.68. The van der Waals surface area contributed by atoms with E-state index < -0.39 is 10.8 Å². The molecule has 70 heavy (non-hydrogen) atoms. The molecule has 9 aromatic carbocycles. The van der Waals surface area contributed by atoms with Gasteiger partial charge in [-0.05, 0) is 140 Å². The molecule has 1 atom stereocenters. The second-order valence-electron chi connectivity index (χ2n) is 19.2. The number of para-hydroxylation sites is 4. The Morgan fingerprint density at radius 1 is 0.314 bits per heavy atom. The van der Waals surface area contributed by atoms with Gasteiger partial charge in [-0.3, -0.25) is 9.97 Å². The third kappa shape index (κ3) is 4.61. The lowest BCUT2D eigenvalue weighted by atomic mass is 9.63. The first kappa shape index (κ1) is 37.9. The van der Waals surface area contributed by atoms with Crippen molar-refractivity contribution in [3.05, 3.63) is 287 Å². The predicted molar refractivity (Wildman–Crippen MR) is 284 cm³/mol. The number of nitrogens with zero attached hydrogens (tertiary/aromatic N) is 4. The molecule has 0 fully saturated rings. The molecule has 2 spiro atoms. The molecule has 0 bridgehead atoms. The van der Waals surface area contributed by atoms with Gasteiger partial charge in [-0.2, -0.15) is 0 Å². The van der Waals surface area contributed by atoms with Crippen LogP contribution in [0.3, 0.4) is 0 Å². The molecule has 324 valence electrons. The minimum absolute atomic E-state index is 0.509. The number of rotatable bonds is 3. The van der Waals surface area contributed by atoms with E-state index in [-0.39, 0.29) is 0 Å². The van der Waals surface area contributed by atoms with Crippen LogP contribution in [0.2, 0.25) is 0 Å². The minimum atomic E-state index is -0.766. The second-order valence-corrected chi connectivity index (χ2v) is 19.2. The standard InChI is InChI=1S/C66H40N4/c1-3-18-43(19-4-1)69-59-31-15-10-25-48(59)50-36-41(33-34-60(50)69)42-37-58-64(68-40-42)63-55(30-17-35-67-63)66(58)54-29-14-16-32-61(54)70(44-20-5-2-6-21-44)62-39-56-49(38-57(62)66)47-24-9-13-28-53(47)65(56)51-26-11-7-22-45(51)46-23-8-12-27-52(46)65/h1-40H. The van der Waals surface area contributed by atoms with E-state index in [1.807, 2.05) is 6.20 Å². The van der Waals surface area contributed by atoms with Crippen molar-refractivity contribution >= 4 is 38.9 Å². The van der Waals surface area contributed by atoms with E-state index in [1.165, 1.54) is 77.4 Å².